The number of carboxylic acid groups (broad SMARTS) is 2. The van der Waals surface area contributed by atoms with Crippen LogP contribution in [0.4, 0.5) is 0 Å². The van der Waals surface area contributed by atoms with Gasteiger partial charge in [-0.2, -0.15) is 0 Å². The second-order valence-electron chi connectivity index (χ2n) is 2.10. The van der Waals surface area contributed by atoms with E-state index in [4.69, 9.17) is 25.3 Å². The van der Waals surface area contributed by atoms with Gasteiger partial charge in [0, 0.05) is 0 Å². The molecule has 9 heteroatoms. The molecule has 0 radical (unpaired) electrons. The van der Waals surface area contributed by atoms with Crippen molar-refractivity contribution in [3.63, 3.8) is 0 Å². The summed E-state index contributed by atoms with van der Waals surface area (Å²) in [5, 5.41) is 38.0. The summed E-state index contributed by atoms with van der Waals surface area (Å²) >= 11 is 0. The Morgan fingerprint density at radius 2 is 1.47 bits per heavy atom. The minimum atomic E-state index is -2.17. The standard InChI is InChI=1S/C6H8O4.BH3O3.Li.H/c1-2-3-4(5(7)8)6(9)10;2-1(3)4;;/h2,4H,1,3H2,(H,7,8)(H,9,10);2-4H;;. The van der Waals surface area contributed by atoms with E-state index in [1.54, 1.807) is 0 Å². The molecule has 7 nitrogen and oxygen atoms in total. The molecule has 0 aromatic heterocycles. The van der Waals surface area contributed by atoms with Crippen LogP contribution in [0.5, 0.6) is 0 Å². The number of carboxylic acids is 2. The average Bonchev–Trinajstić information content (AvgIpc) is 1.97. The maximum atomic E-state index is 10.1. The van der Waals surface area contributed by atoms with Gasteiger partial charge in [-0.1, -0.05) is 6.08 Å². The monoisotopic (exact) mass is 214 g/mol. The van der Waals surface area contributed by atoms with E-state index in [1.807, 2.05) is 0 Å². The van der Waals surface area contributed by atoms with Crippen molar-refractivity contribution in [2.45, 2.75) is 6.42 Å². The van der Waals surface area contributed by atoms with E-state index >= 15 is 0 Å². The van der Waals surface area contributed by atoms with Crippen LogP contribution in [-0.2, 0) is 9.59 Å². The molecule has 0 aliphatic carbocycles. The zero-order chi connectivity index (χ0) is 11.7. The van der Waals surface area contributed by atoms with E-state index < -0.39 is 25.2 Å². The van der Waals surface area contributed by atoms with E-state index in [-0.39, 0.29) is 25.3 Å². The minimum absolute atomic E-state index is 0. The third-order valence-corrected chi connectivity index (χ3v) is 0.999. The molecule has 0 rings (SSSR count). The number of allylic oxidation sites excluding steroid dienone is 1. The number of carbonyl (C=O) groups is 2. The summed E-state index contributed by atoms with van der Waals surface area (Å²) in [4.78, 5) is 20.2. The molecule has 0 atom stereocenters. The summed E-state index contributed by atoms with van der Waals surface area (Å²) in [6, 6.07) is 0. The molecule has 0 heterocycles. The van der Waals surface area contributed by atoms with Gasteiger partial charge in [0.05, 0.1) is 0 Å². The predicted molar refractivity (Wildman–Crippen MR) is 53.1 cm³/mol. The maximum absolute atomic E-state index is 10.1. The Hall–Kier alpha value is -0.778. The third-order valence-electron chi connectivity index (χ3n) is 0.999. The first-order valence-corrected chi connectivity index (χ1v) is 3.43. The molecule has 0 aromatic carbocycles. The van der Waals surface area contributed by atoms with Gasteiger partial charge in [-0.25, -0.2) is 0 Å². The van der Waals surface area contributed by atoms with Gasteiger partial charge in [-0.3, -0.25) is 9.59 Å². The molecule has 0 aromatic rings. The average molecular weight is 214 g/mol. The Bertz CT molecular complexity index is 191. The van der Waals surface area contributed by atoms with Gasteiger partial charge >= 0.3 is 38.1 Å². The summed E-state index contributed by atoms with van der Waals surface area (Å²) < 4.78 is 0. The van der Waals surface area contributed by atoms with Crippen LogP contribution in [0.1, 0.15) is 6.42 Å². The predicted octanol–water partition coefficient (Wildman–Crippen LogP) is -2.35. The molecular formula is C6H12BLiO7. The van der Waals surface area contributed by atoms with Crippen molar-refractivity contribution in [1.29, 1.82) is 0 Å². The quantitative estimate of drug-likeness (QED) is 0.201. The van der Waals surface area contributed by atoms with E-state index in [2.05, 4.69) is 6.58 Å². The van der Waals surface area contributed by atoms with Gasteiger partial charge in [-0.05, 0) is 6.42 Å². The van der Waals surface area contributed by atoms with E-state index in [1.165, 1.54) is 6.08 Å². The second-order valence-corrected chi connectivity index (χ2v) is 2.10. The second kappa shape index (κ2) is 11.3. The number of rotatable bonds is 4. The summed E-state index contributed by atoms with van der Waals surface area (Å²) in [6.45, 7) is 3.24. The number of hydrogen-bond acceptors (Lipinski definition) is 5. The molecule has 0 aliphatic rings. The fraction of sp³-hybridized carbons (Fsp3) is 0.333. The first kappa shape index (κ1) is 19.7. The van der Waals surface area contributed by atoms with Crippen molar-refractivity contribution in [3.05, 3.63) is 12.7 Å². The molecular weight excluding hydrogens is 202 g/mol. The Balaban J connectivity index is -0.000000249. The van der Waals surface area contributed by atoms with Gasteiger partial charge in [-0.15, -0.1) is 6.58 Å². The Kier molecular flexibility index (Phi) is 14.9. The van der Waals surface area contributed by atoms with Crippen molar-refractivity contribution in [3.8, 4) is 0 Å². The van der Waals surface area contributed by atoms with Crippen molar-refractivity contribution >= 4 is 38.1 Å². The van der Waals surface area contributed by atoms with Crippen LogP contribution in [0, 0.1) is 5.92 Å². The molecule has 0 amide bonds. The van der Waals surface area contributed by atoms with Crippen molar-refractivity contribution in [2.75, 3.05) is 0 Å². The Labute approximate surface area is 98.4 Å². The molecule has 0 fully saturated rings. The Morgan fingerprint density at radius 3 is 1.53 bits per heavy atom. The van der Waals surface area contributed by atoms with Gasteiger partial charge in [0.1, 0.15) is 0 Å². The van der Waals surface area contributed by atoms with Crippen molar-refractivity contribution in [2.24, 2.45) is 5.92 Å². The van der Waals surface area contributed by atoms with Crippen LogP contribution in [0.15, 0.2) is 12.7 Å². The SMILES string of the molecule is C=CCC(C(=O)O)C(=O)O.OB(O)O.[LiH]. The normalized spacial score (nSPS) is 8.00. The number of aliphatic carboxylic acids is 2. The summed E-state index contributed by atoms with van der Waals surface area (Å²) in [7, 11) is -2.17. The van der Waals surface area contributed by atoms with E-state index in [0.29, 0.717) is 0 Å². The summed E-state index contributed by atoms with van der Waals surface area (Å²) in [6.07, 6.45) is 1.23. The van der Waals surface area contributed by atoms with E-state index in [9.17, 15) is 9.59 Å². The summed E-state index contributed by atoms with van der Waals surface area (Å²) in [5.74, 6) is -4.00. The zero-order valence-corrected chi connectivity index (χ0v) is 7.20. The number of hydrogen-bond donors (Lipinski definition) is 5. The first-order valence-electron chi connectivity index (χ1n) is 3.43. The van der Waals surface area contributed by atoms with Crippen molar-refractivity contribution in [1.82, 2.24) is 0 Å². The molecule has 0 aliphatic heterocycles. The molecule has 0 unspecified atom stereocenters. The Morgan fingerprint density at radius 1 is 1.20 bits per heavy atom. The molecule has 0 spiro atoms. The van der Waals surface area contributed by atoms with Crippen LogP contribution in [-0.4, -0.2) is 63.4 Å². The van der Waals surface area contributed by atoms with E-state index in [0.717, 1.165) is 0 Å². The van der Waals surface area contributed by atoms with Crippen LogP contribution >= 0.6 is 0 Å². The zero-order valence-electron chi connectivity index (χ0n) is 7.20. The van der Waals surface area contributed by atoms with Crippen LogP contribution in [0.25, 0.3) is 0 Å². The fourth-order valence-electron chi connectivity index (χ4n) is 0.474. The molecule has 15 heavy (non-hydrogen) atoms. The molecule has 0 saturated heterocycles. The van der Waals surface area contributed by atoms with Gasteiger partial charge < -0.3 is 25.3 Å². The van der Waals surface area contributed by atoms with Gasteiger partial charge in [0.15, 0.2) is 5.92 Å². The van der Waals surface area contributed by atoms with Gasteiger partial charge in [0.2, 0.25) is 0 Å². The summed E-state index contributed by atoms with van der Waals surface area (Å²) in [5.41, 5.74) is 0. The fourth-order valence-corrected chi connectivity index (χ4v) is 0.474. The van der Waals surface area contributed by atoms with Gasteiger partial charge in [0.25, 0.3) is 0 Å². The van der Waals surface area contributed by atoms with Crippen molar-refractivity contribution < 1.29 is 34.9 Å². The third kappa shape index (κ3) is 15.9. The first-order chi connectivity index (χ1) is 6.32. The molecule has 82 valence electrons. The van der Waals surface area contributed by atoms with Crippen LogP contribution in [0.3, 0.4) is 0 Å². The molecule has 0 bridgehead atoms. The topological polar surface area (TPSA) is 135 Å². The van der Waals surface area contributed by atoms with Crippen LogP contribution < -0.4 is 0 Å². The van der Waals surface area contributed by atoms with Crippen LogP contribution in [0.2, 0.25) is 0 Å². The molecule has 5 N–H and O–H groups in total. The molecule has 0 saturated carbocycles.